The first kappa shape index (κ1) is 11.7. The van der Waals surface area contributed by atoms with Gasteiger partial charge in [-0.05, 0) is 19.9 Å². The third kappa shape index (κ3) is 2.16. The van der Waals surface area contributed by atoms with E-state index in [-0.39, 0.29) is 5.69 Å². The molecule has 2 heterocycles. The third-order valence-corrected chi connectivity index (χ3v) is 2.97. The molecular weight excluding hydrogens is 244 g/mol. The Morgan fingerprint density at radius 1 is 1.47 bits per heavy atom. The normalized spacial score (nSPS) is 10.8. The van der Waals surface area contributed by atoms with Crippen molar-refractivity contribution in [1.29, 1.82) is 0 Å². The Balaban J connectivity index is 2.25. The third-order valence-electron chi connectivity index (χ3n) is 2.42. The van der Waals surface area contributed by atoms with E-state index in [9.17, 15) is 9.90 Å². The molecule has 0 aliphatic rings. The van der Waals surface area contributed by atoms with E-state index in [2.05, 4.69) is 10.2 Å². The predicted octanol–water partition coefficient (Wildman–Crippen LogP) is 0.219. The van der Waals surface area contributed by atoms with Crippen molar-refractivity contribution in [2.45, 2.75) is 20.5 Å². The van der Waals surface area contributed by atoms with Gasteiger partial charge in [0.15, 0.2) is 0 Å². The van der Waals surface area contributed by atoms with Crippen LogP contribution in [-0.2, 0) is 6.67 Å². The van der Waals surface area contributed by atoms with E-state index in [1.807, 2.05) is 13.8 Å². The maximum atomic E-state index is 10.6. The molecule has 0 aliphatic heterocycles. The first-order chi connectivity index (χ1) is 7.99. The second-order valence-corrected chi connectivity index (χ2v) is 4.03. The quantitative estimate of drug-likeness (QED) is 0.784. The molecule has 0 saturated carbocycles. The van der Waals surface area contributed by atoms with Crippen molar-refractivity contribution in [3.05, 3.63) is 34.4 Å². The number of aromatic carboxylic acids is 1. The van der Waals surface area contributed by atoms with Crippen molar-refractivity contribution in [2.24, 2.45) is 0 Å². The Bertz CT molecular complexity index is 573. The molecule has 0 unspecified atom stereocenters. The van der Waals surface area contributed by atoms with Gasteiger partial charge in [0.05, 0.1) is 22.4 Å². The average Bonchev–Trinajstić information content (AvgIpc) is 2.82. The van der Waals surface area contributed by atoms with Crippen LogP contribution in [0.25, 0.3) is 0 Å². The molecular formula is C10H10ClN4O2-. The van der Waals surface area contributed by atoms with E-state index >= 15 is 0 Å². The van der Waals surface area contributed by atoms with Crippen LogP contribution in [0.1, 0.15) is 21.9 Å². The fourth-order valence-electron chi connectivity index (χ4n) is 1.50. The number of carboxylic acid groups (broad SMARTS) is 1. The minimum absolute atomic E-state index is 0.0994. The Labute approximate surface area is 102 Å². The number of nitrogens with zero attached hydrogens (tertiary/aromatic N) is 4. The van der Waals surface area contributed by atoms with Gasteiger partial charge in [-0.1, -0.05) is 11.6 Å². The van der Waals surface area contributed by atoms with Crippen molar-refractivity contribution in [3.63, 3.8) is 0 Å². The molecule has 0 N–H and O–H groups in total. The van der Waals surface area contributed by atoms with Gasteiger partial charge in [-0.15, -0.1) is 0 Å². The Kier molecular flexibility index (Phi) is 2.89. The van der Waals surface area contributed by atoms with Crippen LogP contribution in [0.15, 0.2) is 12.3 Å². The van der Waals surface area contributed by atoms with Crippen LogP contribution in [0.2, 0.25) is 5.02 Å². The summed E-state index contributed by atoms with van der Waals surface area (Å²) in [6.07, 6.45) is 1.55. The van der Waals surface area contributed by atoms with Crippen LogP contribution in [0.5, 0.6) is 0 Å². The van der Waals surface area contributed by atoms with Gasteiger partial charge >= 0.3 is 0 Å². The van der Waals surface area contributed by atoms with Crippen LogP contribution in [0, 0.1) is 13.8 Å². The molecule has 17 heavy (non-hydrogen) atoms. The summed E-state index contributed by atoms with van der Waals surface area (Å²) in [7, 11) is 0. The standard InChI is InChI=1S/C10H11ClN4O2/c1-6-9(11)7(2)15(12-6)5-14-4-3-8(13-14)10(16)17/h3-4H,5H2,1-2H3,(H,16,17)/p-1. The highest BCUT2D eigenvalue weighted by molar-refractivity contribution is 6.31. The van der Waals surface area contributed by atoms with E-state index in [0.29, 0.717) is 11.7 Å². The number of carbonyl (C=O) groups excluding carboxylic acids is 1. The summed E-state index contributed by atoms with van der Waals surface area (Å²) in [4.78, 5) is 10.6. The van der Waals surface area contributed by atoms with Crippen molar-refractivity contribution in [3.8, 4) is 0 Å². The minimum Gasteiger partial charge on any atom is -0.543 e. The van der Waals surface area contributed by atoms with Crippen LogP contribution < -0.4 is 5.11 Å². The molecule has 0 spiro atoms. The molecule has 6 nitrogen and oxygen atoms in total. The van der Waals surface area contributed by atoms with Crippen molar-refractivity contribution < 1.29 is 9.90 Å². The average molecular weight is 254 g/mol. The lowest BCUT2D eigenvalue weighted by Gasteiger charge is -2.04. The molecule has 0 amide bonds. The number of rotatable bonds is 3. The number of aryl methyl sites for hydroxylation is 1. The zero-order valence-corrected chi connectivity index (χ0v) is 10.1. The second kappa shape index (κ2) is 4.21. The fraction of sp³-hybridized carbons (Fsp3) is 0.300. The van der Waals surface area contributed by atoms with Gasteiger partial charge in [0, 0.05) is 6.20 Å². The summed E-state index contributed by atoms with van der Waals surface area (Å²) >= 11 is 6.00. The van der Waals surface area contributed by atoms with Gasteiger partial charge in [-0.2, -0.15) is 10.2 Å². The molecule has 0 fully saturated rings. The van der Waals surface area contributed by atoms with Crippen LogP contribution in [0.4, 0.5) is 0 Å². The number of hydrogen-bond acceptors (Lipinski definition) is 4. The van der Waals surface area contributed by atoms with Gasteiger partial charge < -0.3 is 9.90 Å². The van der Waals surface area contributed by atoms with Crippen LogP contribution in [0.3, 0.4) is 0 Å². The second-order valence-electron chi connectivity index (χ2n) is 3.65. The van der Waals surface area contributed by atoms with E-state index in [0.717, 1.165) is 11.4 Å². The zero-order chi connectivity index (χ0) is 12.6. The molecule has 7 heteroatoms. The highest BCUT2D eigenvalue weighted by atomic mass is 35.5. The summed E-state index contributed by atoms with van der Waals surface area (Å²) in [5, 5.41) is 19.2. The minimum atomic E-state index is -1.30. The van der Waals surface area contributed by atoms with Gasteiger partial charge in [-0.25, -0.2) is 4.68 Å². The number of carboxylic acids is 1. The maximum Gasteiger partial charge on any atom is 0.133 e. The Morgan fingerprint density at radius 3 is 2.65 bits per heavy atom. The summed E-state index contributed by atoms with van der Waals surface area (Å²) in [5.41, 5.74) is 1.45. The molecule has 0 aliphatic carbocycles. The molecule has 2 aromatic rings. The Hall–Kier alpha value is -1.82. The molecule has 0 radical (unpaired) electrons. The Morgan fingerprint density at radius 2 is 2.18 bits per heavy atom. The largest absolute Gasteiger partial charge is 0.543 e. The van der Waals surface area contributed by atoms with E-state index < -0.39 is 5.97 Å². The molecule has 2 aromatic heterocycles. The lowest BCUT2D eigenvalue weighted by molar-refractivity contribution is -0.255. The molecule has 0 saturated heterocycles. The first-order valence-corrected chi connectivity index (χ1v) is 5.31. The monoisotopic (exact) mass is 253 g/mol. The topological polar surface area (TPSA) is 75.8 Å². The number of hydrogen-bond donors (Lipinski definition) is 0. The van der Waals surface area contributed by atoms with Gasteiger partial charge in [0.25, 0.3) is 0 Å². The summed E-state index contributed by atoms with van der Waals surface area (Å²) in [6, 6.07) is 1.38. The molecule has 0 atom stereocenters. The SMILES string of the molecule is Cc1nn(Cn2ccc(C(=O)[O-])n2)c(C)c1Cl. The predicted molar refractivity (Wildman–Crippen MR) is 58.7 cm³/mol. The fourth-order valence-corrected chi connectivity index (χ4v) is 1.63. The molecule has 2 rings (SSSR count). The lowest BCUT2D eigenvalue weighted by Crippen LogP contribution is -2.23. The highest BCUT2D eigenvalue weighted by Crippen LogP contribution is 2.18. The molecule has 0 bridgehead atoms. The van der Waals surface area contributed by atoms with E-state index in [1.165, 1.54) is 10.7 Å². The van der Waals surface area contributed by atoms with Gasteiger partial charge in [0.1, 0.15) is 12.4 Å². The number of aromatic nitrogens is 4. The number of carbonyl (C=O) groups is 1. The maximum absolute atomic E-state index is 10.6. The van der Waals surface area contributed by atoms with Crippen molar-refractivity contribution >= 4 is 17.6 Å². The van der Waals surface area contributed by atoms with Crippen molar-refractivity contribution in [1.82, 2.24) is 19.6 Å². The summed E-state index contributed by atoms with van der Waals surface area (Å²) in [5.74, 6) is -1.30. The summed E-state index contributed by atoms with van der Waals surface area (Å²) in [6.45, 7) is 3.96. The molecule has 0 aromatic carbocycles. The molecule has 90 valence electrons. The lowest BCUT2D eigenvalue weighted by atomic mass is 10.4. The number of halogens is 1. The van der Waals surface area contributed by atoms with Crippen molar-refractivity contribution in [2.75, 3.05) is 0 Å². The van der Waals surface area contributed by atoms with E-state index in [4.69, 9.17) is 11.6 Å². The smallest absolute Gasteiger partial charge is 0.133 e. The highest BCUT2D eigenvalue weighted by Gasteiger charge is 2.09. The van der Waals surface area contributed by atoms with Crippen LogP contribution in [-0.4, -0.2) is 25.5 Å². The summed E-state index contributed by atoms with van der Waals surface area (Å²) < 4.78 is 3.12. The van der Waals surface area contributed by atoms with E-state index in [1.54, 1.807) is 10.9 Å². The zero-order valence-electron chi connectivity index (χ0n) is 9.35. The first-order valence-electron chi connectivity index (χ1n) is 4.93. The van der Waals surface area contributed by atoms with Gasteiger partial charge in [-0.3, -0.25) is 4.68 Å². The van der Waals surface area contributed by atoms with Gasteiger partial charge in [0.2, 0.25) is 0 Å². The van der Waals surface area contributed by atoms with Crippen LogP contribution >= 0.6 is 11.6 Å².